The first kappa shape index (κ1) is 8.94. The summed E-state index contributed by atoms with van der Waals surface area (Å²) in [4.78, 5) is 4.02. The van der Waals surface area contributed by atoms with Crippen molar-refractivity contribution in [3.05, 3.63) is 12.4 Å². The monoisotopic (exact) mass is 197 g/mol. The van der Waals surface area contributed by atoms with Gasteiger partial charge in [-0.05, 0) is 25.5 Å². The lowest BCUT2D eigenvalue weighted by Gasteiger charge is -2.23. The molecule has 2 heterocycles. The largest absolute Gasteiger partial charge is 0.369 e. The Balaban J connectivity index is 2.09. The fourth-order valence-electron chi connectivity index (χ4n) is 1.80. The van der Waals surface area contributed by atoms with Crippen molar-refractivity contribution in [2.24, 2.45) is 0 Å². The summed E-state index contributed by atoms with van der Waals surface area (Å²) in [6.45, 7) is 3.30. The van der Waals surface area contributed by atoms with Crippen molar-refractivity contribution in [3.8, 4) is 0 Å². The Bertz CT molecular complexity index is 289. The van der Waals surface area contributed by atoms with Gasteiger partial charge < -0.3 is 10.3 Å². The lowest BCUT2D eigenvalue weighted by atomic mass is 10.1. The molecule has 2 rings (SSSR count). The number of rotatable bonds is 2. The van der Waals surface area contributed by atoms with Crippen LogP contribution in [0.2, 0.25) is 0 Å². The number of aromatic nitrogens is 2. The fraction of sp³-hybridized carbons (Fsp3) is 0.667. The molecule has 1 fully saturated rings. The predicted molar refractivity (Wildman–Crippen MR) is 56.7 cm³/mol. The number of nitrogen functional groups attached to an aromatic ring is 1. The van der Waals surface area contributed by atoms with Crippen LogP contribution in [0.25, 0.3) is 0 Å². The topological polar surface area (TPSA) is 43.8 Å². The summed E-state index contributed by atoms with van der Waals surface area (Å²) in [5.74, 6) is 1.92. The van der Waals surface area contributed by atoms with Crippen LogP contribution in [-0.4, -0.2) is 20.1 Å². The van der Waals surface area contributed by atoms with Crippen LogP contribution >= 0.6 is 11.8 Å². The van der Waals surface area contributed by atoms with Gasteiger partial charge in [0.1, 0.15) is 0 Å². The van der Waals surface area contributed by atoms with Gasteiger partial charge >= 0.3 is 0 Å². The highest BCUT2D eigenvalue weighted by molar-refractivity contribution is 8.00. The predicted octanol–water partition coefficient (Wildman–Crippen LogP) is 1.75. The molecular formula is C9H15N3S. The van der Waals surface area contributed by atoms with Crippen LogP contribution in [0.15, 0.2) is 12.4 Å². The second-order valence-electron chi connectivity index (χ2n) is 3.82. The maximum absolute atomic E-state index is 5.72. The Kier molecular flexibility index (Phi) is 2.24. The molecule has 0 saturated carbocycles. The van der Waals surface area contributed by atoms with Crippen molar-refractivity contribution in [1.29, 1.82) is 0 Å². The Morgan fingerprint density at radius 3 is 3.15 bits per heavy atom. The standard InChI is InChI=1S/C9H15N3S/c1-9(3-2-6-13-9)7-12-5-4-11-8(12)10/h4-5H,2-3,6-7H2,1H3,(H2,10,11). The summed E-state index contributed by atoms with van der Waals surface area (Å²) in [7, 11) is 0. The maximum Gasteiger partial charge on any atom is 0.200 e. The molecule has 1 aromatic heterocycles. The van der Waals surface area contributed by atoms with E-state index in [-0.39, 0.29) is 0 Å². The van der Waals surface area contributed by atoms with Gasteiger partial charge in [-0.3, -0.25) is 0 Å². The average Bonchev–Trinajstić information content (AvgIpc) is 2.64. The van der Waals surface area contributed by atoms with Crippen molar-refractivity contribution < 1.29 is 0 Å². The van der Waals surface area contributed by atoms with Crippen LogP contribution in [0.4, 0.5) is 5.95 Å². The molecule has 1 atom stereocenters. The molecule has 0 amide bonds. The van der Waals surface area contributed by atoms with Crippen molar-refractivity contribution in [2.75, 3.05) is 11.5 Å². The van der Waals surface area contributed by atoms with Gasteiger partial charge in [0, 0.05) is 23.7 Å². The quantitative estimate of drug-likeness (QED) is 0.785. The summed E-state index contributed by atoms with van der Waals surface area (Å²) in [5.41, 5.74) is 5.72. The third kappa shape index (κ3) is 1.82. The van der Waals surface area contributed by atoms with E-state index in [1.165, 1.54) is 18.6 Å². The normalized spacial score (nSPS) is 28.1. The second kappa shape index (κ2) is 3.25. The van der Waals surface area contributed by atoms with Crippen LogP contribution in [0.1, 0.15) is 19.8 Å². The number of nitrogens with zero attached hydrogens (tertiary/aromatic N) is 2. The summed E-state index contributed by atoms with van der Waals surface area (Å²) in [6, 6.07) is 0. The molecule has 72 valence electrons. The molecule has 0 bridgehead atoms. The van der Waals surface area contributed by atoms with E-state index in [9.17, 15) is 0 Å². The lowest BCUT2D eigenvalue weighted by Crippen LogP contribution is -2.24. The van der Waals surface area contributed by atoms with E-state index >= 15 is 0 Å². The van der Waals surface area contributed by atoms with Gasteiger partial charge in [-0.1, -0.05) is 0 Å². The molecule has 4 heteroatoms. The third-order valence-corrected chi connectivity index (χ3v) is 4.08. The Hall–Kier alpha value is -0.640. The SMILES string of the molecule is CC1(Cn2ccnc2N)CCCS1. The summed E-state index contributed by atoms with van der Waals surface area (Å²) in [6.07, 6.45) is 6.34. The minimum atomic E-state index is 0.370. The van der Waals surface area contributed by atoms with Gasteiger partial charge in [0.15, 0.2) is 5.95 Å². The molecule has 0 aromatic carbocycles. The van der Waals surface area contributed by atoms with E-state index in [1.54, 1.807) is 6.20 Å². The number of nitrogens with two attached hydrogens (primary N) is 1. The molecule has 1 aromatic rings. The van der Waals surface area contributed by atoms with Gasteiger partial charge in [-0.15, -0.1) is 0 Å². The molecule has 0 radical (unpaired) electrons. The molecule has 1 aliphatic rings. The summed E-state index contributed by atoms with van der Waals surface area (Å²) >= 11 is 2.05. The molecule has 1 saturated heterocycles. The molecule has 1 unspecified atom stereocenters. The van der Waals surface area contributed by atoms with E-state index in [0.717, 1.165) is 6.54 Å². The minimum absolute atomic E-state index is 0.370. The second-order valence-corrected chi connectivity index (χ2v) is 5.50. The number of hydrogen-bond donors (Lipinski definition) is 1. The first-order valence-electron chi connectivity index (χ1n) is 4.60. The van der Waals surface area contributed by atoms with Crippen molar-refractivity contribution in [1.82, 2.24) is 9.55 Å². The molecule has 0 spiro atoms. The fourth-order valence-corrected chi connectivity index (χ4v) is 3.10. The van der Waals surface area contributed by atoms with Crippen LogP contribution in [0.5, 0.6) is 0 Å². The van der Waals surface area contributed by atoms with Gasteiger partial charge in [0.2, 0.25) is 0 Å². The lowest BCUT2D eigenvalue weighted by molar-refractivity contribution is 0.514. The molecule has 0 aliphatic carbocycles. The average molecular weight is 197 g/mol. The molecule has 3 nitrogen and oxygen atoms in total. The van der Waals surface area contributed by atoms with Crippen LogP contribution in [-0.2, 0) is 6.54 Å². The number of imidazole rings is 1. The third-order valence-electron chi connectivity index (χ3n) is 2.55. The van der Waals surface area contributed by atoms with E-state index < -0.39 is 0 Å². The Morgan fingerprint density at radius 2 is 2.62 bits per heavy atom. The molecule has 2 N–H and O–H groups in total. The summed E-state index contributed by atoms with van der Waals surface area (Å²) < 4.78 is 2.41. The van der Waals surface area contributed by atoms with E-state index in [2.05, 4.69) is 11.9 Å². The van der Waals surface area contributed by atoms with Crippen LogP contribution in [0, 0.1) is 0 Å². The zero-order valence-corrected chi connectivity index (χ0v) is 8.68. The van der Waals surface area contributed by atoms with E-state index in [1.807, 2.05) is 22.5 Å². The maximum atomic E-state index is 5.72. The first-order valence-corrected chi connectivity index (χ1v) is 5.59. The van der Waals surface area contributed by atoms with Crippen molar-refractivity contribution in [3.63, 3.8) is 0 Å². The molecule has 1 aliphatic heterocycles. The highest BCUT2D eigenvalue weighted by atomic mass is 32.2. The highest BCUT2D eigenvalue weighted by Gasteiger charge is 2.30. The molecule has 13 heavy (non-hydrogen) atoms. The smallest absolute Gasteiger partial charge is 0.200 e. The van der Waals surface area contributed by atoms with Gasteiger partial charge in [0.25, 0.3) is 0 Å². The van der Waals surface area contributed by atoms with E-state index in [4.69, 9.17) is 5.73 Å². The van der Waals surface area contributed by atoms with Gasteiger partial charge in [-0.25, -0.2) is 4.98 Å². The van der Waals surface area contributed by atoms with E-state index in [0.29, 0.717) is 10.7 Å². The van der Waals surface area contributed by atoms with Crippen LogP contribution < -0.4 is 5.73 Å². The van der Waals surface area contributed by atoms with Gasteiger partial charge in [-0.2, -0.15) is 11.8 Å². The first-order chi connectivity index (χ1) is 6.20. The zero-order chi connectivity index (χ0) is 9.31. The Labute approximate surface area is 82.7 Å². The highest BCUT2D eigenvalue weighted by Crippen LogP contribution is 2.39. The number of anilines is 1. The molecular weight excluding hydrogens is 182 g/mol. The Morgan fingerprint density at radius 1 is 1.77 bits per heavy atom. The zero-order valence-electron chi connectivity index (χ0n) is 7.86. The van der Waals surface area contributed by atoms with Gasteiger partial charge in [0.05, 0.1) is 0 Å². The summed E-state index contributed by atoms with van der Waals surface area (Å²) in [5, 5.41) is 0. The minimum Gasteiger partial charge on any atom is -0.369 e. The van der Waals surface area contributed by atoms with Crippen molar-refractivity contribution in [2.45, 2.75) is 31.1 Å². The van der Waals surface area contributed by atoms with Crippen LogP contribution in [0.3, 0.4) is 0 Å². The van der Waals surface area contributed by atoms with Crippen molar-refractivity contribution >= 4 is 17.7 Å². The number of thioether (sulfide) groups is 1. The number of hydrogen-bond acceptors (Lipinski definition) is 3.